The lowest BCUT2D eigenvalue weighted by molar-refractivity contribution is -0.132. The highest BCUT2D eigenvalue weighted by atomic mass is 16.5. The molecule has 17 heavy (non-hydrogen) atoms. The first-order chi connectivity index (χ1) is 8.08. The number of aryl methyl sites for hydroxylation is 1. The van der Waals surface area contributed by atoms with E-state index < -0.39 is 0 Å². The number of aromatic nitrogens is 2. The van der Waals surface area contributed by atoms with E-state index in [-0.39, 0.29) is 11.9 Å². The Labute approximate surface area is 101 Å². The molecule has 0 aliphatic heterocycles. The number of amides is 1. The molecule has 0 radical (unpaired) electrons. The first-order valence-corrected chi connectivity index (χ1v) is 5.89. The molecule has 0 aromatic carbocycles. The Morgan fingerprint density at radius 2 is 2.12 bits per heavy atom. The second-order valence-electron chi connectivity index (χ2n) is 3.85. The van der Waals surface area contributed by atoms with Gasteiger partial charge in [0.15, 0.2) is 5.82 Å². The summed E-state index contributed by atoms with van der Waals surface area (Å²) in [4.78, 5) is 17.8. The van der Waals surface area contributed by atoms with E-state index in [0.29, 0.717) is 18.3 Å². The van der Waals surface area contributed by atoms with Gasteiger partial charge < -0.3 is 9.42 Å². The number of carbonyl (C=O) groups excluding carboxylic acids is 1. The highest BCUT2D eigenvalue weighted by molar-refractivity contribution is 5.81. The van der Waals surface area contributed by atoms with Gasteiger partial charge in [-0.25, -0.2) is 0 Å². The first-order valence-electron chi connectivity index (χ1n) is 5.89. The molecule has 0 bridgehead atoms. The molecule has 96 valence electrons. The number of rotatable bonds is 6. The number of hydrogen-bond donors (Lipinski definition) is 1. The van der Waals surface area contributed by atoms with Gasteiger partial charge in [-0.05, 0) is 27.7 Å². The van der Waals surface area contributed by atoms with Crippen molar-refractivity contribution in [3.8, 4) is 0 Å². The van der Waals surface area contributed by atoms with Crippen LogP contribution in [0.25, 0.3) is 0 Å². The summed E-state index contributed by atoms with van der Waals surface area (Å²) in [5, 5.41) is 6.76. The van der Waals surface area contributed by atoms with Crippen LogP contribution in [-0.2, 0) is 11.3 Å². The van der Waals surface area contributed by atoms with Crippen molar-refractivity contribution in [2.24, 2.45) is 0 Å². The molecule has 1 rings (SSSR count). The number of likely N-dealkylation sites (N-methyl/N-ethyl adjacent to an activating group) is 1. The van der Waals surface area contributed by atoms with E-state index in [1.807, 2.05) is 20.8 Å². The molecule has 1 amide bonds. The summed E-state index contributed by atoms with van der Waals surface area (Å²) >= 11 is 0. The summed E-state index contributed by atoms with van der Waals surface area (Å²) in [7, 11) is 0. The van der Waals surface area contributed by atoms with Crippen LogP contribution in [-0.4, -0.2) is 40.1 Å². The van der Waals surface area contributed by atoms with E-state index in [4.69, 9.17) is 4.52 Å². The molecule has 1 N–H and O–H groups in total. The van der Waals surface area contributed by atoms with Crippen LogP contribution in [0.1, 0.15) is 32.5 Å². The molecule has 0 spiro atoms. The molecule has 0 saturated heterocycles. The van der Waals surface area contributed by atoms with Gasteiger partial charge in [0.25, 0.3) is 0 Å². The SMILES string of the molecule is CCN(CC)C(=O)C(C)NCc1nc(C)no1. The Balaban J connectivity index is 2.43. The smallest absolute Gasteiger partial charge is 0.240 e. The summed E-state index contributed by atoms with van der Waals surface area (Å²) in [5.74, 6) is 1.19. The third-order valence-electron chi connectivity index (χ3n) is 2.57. The molecular formula is C11H20N4O2. The average molecular weight is 240 g/mol. The van der Waals surface area contributed by atoms with Crippen LogP contribution in [0.15, 0.2) is 4.52 Å². The molecule has 6 heteroatoms. The zero-order valence-corrected chi connectivity index (χ0v) is 10.9. The van der Waals surface area contributed by atoms with Crippen molar-refractivity contribution in [1.82, 2.24) is 20.4 Å². The van der Waals surface area contributed by atoms with E-state index in [0.717, 1.165) is 13.1 Å². The molecule has 1 aromatic rings. The lowest BCUT2D eigenvalue weighted by atomic mass is 10.3. The third-order valence-corrected chi connectivity index (χ3v) is 2.57. The molecule has 0 fully saturated rings. The van der Waals surface area contributed by atoms with Gasteiger partial charge in [-0.2, -0.15) is 4.98 Å². The molecular weight excluding hydrogens is 220 g/mol. The van der Waals surface area contributed by atoms with E-state index in [1.54, 1.807) is 11.8 Å². The van der Waals surface area contributed by atoms with Crippen molar-refractivity contribution in [1.29, 1.82) is 0 Å². The van der Waals surface area contributed by atoms with Crippen molar-refractivity contribution >= 4 is 5.91 Å². The Hall–Kier alpha value is -1.43. The normalized spacial score (nSPS) is 12.5. The molecule has 1 unspecified atom stereocenters. The van der Waals surface area contributed by atoms with Gasteiger partial charge in [-0.15, -0.1) is 0 Å². The highest BCUT2D eigenvalue weighted by Crippen LogP contribution is 1.98. The first kappa shape index (κ1) is 13.6. The van der Waals surface area contributed by atoms with E-state index in [2.05, 4.69) is 15.5 Å². The summed E-state index contributed by atoms with van der Waals surface area (Å²) in [6, 6.07) is -0.248. The monoisotopic (exact) mass is 240 g/mol. The standard InChI is InChI=1S/C11H20N4O2/c1-5-15(6-2)11(16)8(3)12-7-10-13-9(4)14-17-10/h8,12H,5-7H2,1-4H3. The van der Waals surface area contributed by atoms with Crippen LogP contribution in [0.4, 0.5) is 0 Å². The number of hydrogen-bond acceptors (Lipinski definition) is 5. The maximum Gasteiger partial charge on any atom is 0.240 e. The molecule has 0 aliphatic rings. The van der Waals surface area contributed by atoms with Crippen molar-refractivity contribution in [2.75, 3.05) is 13.1 Å². The van der Waals surface area contributed by atoms with Crippen LogP contribution in [0.5, 0.6) is 0 Å². The number of nitrogens with zero attached hydrogens (tertiary/aromatic N) is 3. The van der Waals surface area contributed by atoms with Crippen molar-refractivity contribution in [3.63, 3.8) is 0 Å². The van der Waals surface area contributed by atoms with Gasteiger partial charge in [0, 0.05) is 13.1 Å². The largest absolute Gasteiger partial charge is 0.342 e. The van der Waals surface area contributed by atoms with E-state index in [1.165, 1.54) is 0 Å². The zero-order valence-electron chi connectivity index (χ0n) is 10.9. The molecule has 1 aromatic heterocycles. The molecule has 0 aliphatic carbocycles. The number of nitrogens with one attached hydrogen (secondary N) is 1. The van der Waals surface area contributed by atoms with Crippen LogP contribution in [0, 0.1) is 6.92 Å². The fraction of sp³-hybridized carbons (Fsp3) is 0.727. The van der Waals surface area contributed by atoms with Gasteiger partial charge in [0.05, 0.1) is 12.6 Å². The lowest BCUT2D eigenvalue weighted by Crippen LogP contribution is -2.44. The van der Waals surface area contributed by atoms with Gasteiger partial charge in [0.1, 0.15) is 0 Å². The molecule has 0 saturated carbocycles. The molecule has 1 heterocycles. The lowest BCUT2D eigenvalue weighted by Gasteiger charge is -2.23. The summed E-state index contributed by atoms with van der Waals surface area (Å²) in [5.41, 5.74) is 0. The average Bonchev–Trinajstić information content (AvgIpc) is 2.73. The minimum atomic E-state index is -0.248. The second-order valence-corrected chi connectivity index (χ2v) is 3.85. The van der Waals surface area contributed by atoms with E-state index >= 15 is 0 Å². The highest BCUT2D eigenvalue weighted by Gasteiger charge is 2.18. The quantitative estimate of drug-likeness (QED) is 0.793. The second kappa shape index (κ2) is 6.34. The number of carbonyl (C=O) groups is 1. The maximum absolute atomic E-state index is 11.9. The fourth-order valence-corrected chi connectivity index (χ4v) is 1.55. The summed E-state index contributed by atoms with van der Waals surface area (Å²) in [6.07, 6.45) is 0. The minimum Gasteiger partial charge on any atom is -0.342 e. The van der Waals surface area contributed by atoms with Gasteiger partial charge >= 0.3 is 0 Å². The Morgan fingerprint density at radius 1 is 1.47 bits per heavy atom. The van der Waals surface area contributed by atoms with Gasteiger partial charge in [-0.1, -0.05) is 5.16 Å². The van der Waals surface area contributed by atoms with Gasteiger partial charge in [0.2, 0.25) is 11.8 Å². The van der Waals surface area contributed by atoms with Gasteiger partial charge in [-0.3, -0.25) is 10.1 Å². The molecule has 6 nitrogen and oxygen atoms in total. The predicted octanol–water partition coefficient (Wildman–Crippen LogP) is 0.725. The maximum atomic E-state index is 11.9. The Bertz CT molecular complexity index is 360. The van der Waals surface area contributed by atoms with Crippen LogP contribution < -0.4 is 5.32 Å². The van der Waals surface area contributed by atoms with Crippen LogP contribution >= 0.6 is 0 Å². The topological polar surface area (TPSA) is 71.3 Å². The zero-order chi connectivity index (χ0) is 12.8. The fourth-order valence-electron chi connectivity index (χ4n) is 1.55. The van der Waals surface area contributed by atoms with Crippen molar-refractivity contribution in [2.45, 2.75) is 40.3 Å². The van der Waals surface area contributed by atoms with Crippen LogP contribution in [0.3, 0.4) is 0 Å². The minimum absolute atomic E-state index is 0.0891. The predicted molar refractivity (Wildman–Crippen MR) is 63.3 cm³/mol. The summed E-state index contributed by atoms with van der Waals surface area (Å²) < 4.78 is 4.96. The van der Waals surface area contributed by atoms with Crippen molar-refractivity contribution in [3.05, 3.63) is 11.7 Å². The van der Waals surface area contributed by atoms with Crippen LogP contribution in [0.2, 0.25) is 0 Å². The Morgan fingerprint density at radius 3 is 2.59 bits per heavy atom. The third kappa shape index (κ3) is 3.81. The summed E-state index contributed by atoms with van der Waals surface area (Å²) in [6.45, 7) is 9.39. The molecule has 1 atom stereocenters. The Kier molecular flexibility index (Phi) is 5.09. The van der Waals surface area contributed by atoms with Crippen molar-refractivity contribution < 1.29 is 9.32 Å². The van der Waals surface area contributed by atoms with E-state index in [9.17, 15) is 4.79 Å².